The summed E-state index contributed by atoms with van der Waals surface area (Å²) in [4.78, 5) is 4.47. The molecule has 21 heavy (non-hydrogen) atoms. The highest BCUT2D eigenvalue weighted by molar-refractivity contribution is 9.10. The van der Waals surface area contributed by atoms with Gasteiger partial charge < -0.3 is 10.3 Å². The fourth-order valence-electron chi connectivity index (χ4n) is 2.78. The lowest BCUT2D eigenvalue weighted by atomic mass is 9.95. The van der Waals surface area contributed by atoms with Crippen molar-refractivity contribution in [2.45, 2.75) is 44.1 Å². The van der Waals surface area contributed by atoms with Crippen LogP contribution in [0.25, 0.3) is 11.4 Å². The molecule has 1 aliphatic carbocycles. The fourth-order valence-corrected chi connectivity index (χ4v) is 3.16. The maximum absolute atomic E-state index is 13.3. The van der Waals surface area contributed by atoms with Crippen molar-refractivity contribution < 1.29 is 8.91 Å². The van der Waals surface area contributed by atoms with E-state index in [1.54, 1.807) is 12.1 Å². The third-order valence-electron chi connectivity index (χ3n) is 4.01. The monoisotopic (exact) mass is 353 g/mol. The van der Waals surface area contributed by atoms with Crippen molar-refractivity contribution in [3.05, 3.63) is 34.4 Å². The molecule has 0 amide bonds. The average Bonchev–Trinajstić information content (AvgIpc) is 2.85. The molecule has 0 bridgehead atoms. The maximum atomic E-state index is 13.3. The molecule has 0 aliphatic heterocycles. The van der Waals surface area contributed by atoms with E-state index in [9.17, 15) is 4.39 Å². The van der Waals surface area contributed by atoms with Crippen LogP contribution in [0, 0.1) is 5.82 Å². The van der Waals surface area contributed by atoms with E-state index in [2.05, 4.69) is 26.1 Å². The van der Waals surface area contributed by atoms with Crippen molar-refractivity contribution in [1.29, 1.82) is 0 Å². The number of aromatic nitrogens is 2. The Kier molecular flexibility index (Phi) is 4.35. The van der Waals surface area contributed by atoms with Crippen LogP contribution in [0.15, 0.2) is 27.2 Å². The minimum absolute atomic E-state index is 0.0701. The molecule has 0 spiro atoms. The largest absolute Gasteiger partial charge is 0.339 e. The topological polar surface area (TPSA) is 64.9 Å². The lowest BCUT2D eigenvalue weighted by molar-refractivity contribution is 0.326. The standard InChI is InChI=1S/C15H17BrFN3O/c16-11-8-9(6-7-12(11)17)14-19-15(21-20-14)10-4-2-1-3-5-13(10)18/h6-8,10,13H,1-5,18H2. The first-order valence-electron chi connectivity index (χ1n) is 7.20. The normalized spacial score (nSPS) is 23.0. The maximum Gasteiger partial charge on any atom is 0.231 e. The Morgan fingerprint density at radius 2 is 2.05 bits per heavy atom. The Morgan fingerprint density at radius 3 is 2.86 bits per heavy atom. The summed E-state index contributed by atoms with van der Waals surface area (Å²) < 4.78 is 19.1. The Balaban J connectivity index is 1.86. The molecule has 2 aromatic rings. The minimum Gasteiger partial charge on any atom is -0.339 e. The second-order valence-electron chi connectivity index (χ2n) is 5.49. The van der Waals surface area contributed by atoms with Gasteiger partial charge in [-0.25, -0.2) is 4.39 Å². The summed E-state index contributed by atoms with van der Waals surface area (Å²) in [5.41, 5.74) is 6.94. The van der Waals surface area contributed by atoms with Gasteiger partial charge in [0.2, 0.25) is 11.7 Å². The number of hydrogen-bond donors (Lipinski definition) is 1. The molecule has 112 valence electrons. The van der Waals surface area contributed by atoms with Crippen molar-refractivity contribution in [3.63, 3.8) is 0 Å². The molecule has 6 heteroatoms. The Bertz CT molecular complexity index is 631. The highest BCUT2D eigenvalue weighted by Gasteiger charge is 2.27. The first kappa shape index (κ1) is 14.7. The molecule has 1 saturated carbocycles. The number of rotatable bonds is 2. The molecule has 0 saturated heterocycles. The van der Waals surface area contributed by atoms with Crippen molar-refractivity contribution in [1.82, 2.24) is 10.1 Å². The van der Waals surface area contributed by atoms with Gasteiger partial charge in [0.15, 0.2) is 0 Å². The van der Waals surface area contributed by atoms with E-state index in [0.29, 0.717) is 16.2 Å². The predicted molar refractivity (Wildman–Crippen MR) is 81.2 cm³/mol. The van der Waals surface area contributed by atoms with E-state index >= 15 is 0 Å². The van der Waals surface area contributed by atoms with Crippen LogP contribution >= 0.6 is 15.9 Å². The highest BCUT2D eigenvalue weighted by Crippen LogP contribution is 2.31. The number of nitrogens with zero attached hydrogens (tertiary/aromatic N) is 2. The van der Waals surface area contributed by atoms with Crippen LogP contribution in [-0.4, -0.2) is 16.2 Å². The SMILES string of the molecule is NC1CCCCCC1c1nc(-c2ccc(F)c(Br)c2)no1. The molecule has 1 heterocycles. The zero-order valence-corrected chi connectivity index (χ0v) is 13.1. The number of nitrogens with two attached hydrogens (primary N) is 1. The molecule has 2 N–H and O–H groups in total. The fraction of sp³-hybridized carbons (Fsp3) is 0.467. The third-order valence-corrected chi connectivity index (χ3v) is 4.61. The Hall–Kier alpha value is -1.27. The molecule has 1 fully saturated rings. The Labute approximate surface area is 131 Å². The van der Waals surface area contributed by atoms with Crippen LogP contribution in [-0.2, 0) is 0 Å². The summed E-state index contributed by atoms with van der Waals surface area (Å²) in [6.07, 6.45) is 5.47. The van der Waals surface area contributed by atoms with E-state index in [4.69, 9.17) is 10.3 Å². The summed E-state index contributed by atoms with van der Waals surface area (Å²) in [5, 5.41) is 4.01. The summed E-state index contributed by atoms with van der Waals surface area (Å²) in [5.74, 6) is 0.882. The molecule has 3 rings (SSSR count). The van der Waals surface area contributed by atoms with Gasteiger partial charge in [0, 0.05) is 11.6 Å². The third kappa shape index (κ3) is 3.16. The summed E-state index contributed by atoms with van der Waals surface area (Å²) >= 11 is 3.17. The van der Waals surface area contributed by atoms with Gasteiger partial charge in [0.25, 0.3) is 0 Å². The van der Waals surface area contributed by atoms with E-state index in [0.717, 1.165) is 31.2 Å². The molecular formula is C15H17BrFN3O. The zero-order chi connectivity index (χ0) is 14.8. The van der Waals surface area contributed by atoms with Crippen LogP contribution < -0.4 is 5.73 Å². The summed E-state index contributed by atoms with van der Waals surface area (Å²) in [6, 6.07) is 4.74. The van der Waals surface area contributed by atoms with Gasteiger partial charge in [-0.15, -0.1) is 0 Å². The van der Waals surface area contributed by atoms with Gasteiger partial charge in [-0.05, 0) is 47.0 Å². The molecule has 1 aromatic carbocycles. The van der Waals surface area contributed by atoms with E-state index in [-0.39, 0.29) is 17.8 Å². The van der Waals surface area contributed by atoms with Crippen LogP contribution in [0.2, 0.25) is 0 Å². The minimum atomic E-state index is -0.312. The lowest BCUT2D eigenvalue weighted by Crippen LogP contribution is -2.27. The lowest BCUT2D eigenvalue weighted by Gasteiger charge is -2.16. The molecule has 4 nitrogen and oxygen atoms in total. The molecule has 1 aliphatic rings. The van der Waals surface area contributed by atoms with Crippen LogP contribution in [0.4, 0.5) is 4.39 Å². The van der Waals surface area contributed by atoms with Gasteiger partial charge >= 0.3 is 0 Å². The zero-order valence-electron chi connectivity index (χ0n) is 11.6. The Morgan fingerprint density at radius 1 is 1.24 bits per heavy atom. The second-order valence-corrected chi connectivity index (χ2v) is 6.35. The molecule has 2 atom stereocenters. The van der Waals surface area contributed by atoms with Crippen LogP contribution in [0.5, 0.6) is 0 Å². The van der Waals surface area contributed by atoms with Gasteiger partial charge in [0.05, 0.1) is 10.4 Å². The average molecular weight is 354 g/mol. The van der Waals surface area contributed by atoms with E-state index < -0.39 is 0 Å². The number of halogens is 2. The van der Waals surface area contributed by atoms with Crippen LogP contribution in [0.3, 0.4) is 0 Å². The smallest absolute Gasteiger partial charge is 0.231 e. The van der Waals surface area contributed by atoms with Crippen molar-refractivity contribution in [2.24, 2.45) is 5.73 Å². The van der Waals surface area contributed by atoms with E-state index in [1.165, 1.54) is 12.5 Å². The van der Waals surface area contributed by atoms with Gasteiger partial charge in [-0.3, -0.25) is 0 Å². The second kappa shape index (κ2) is 6.23. The molecule has 2 unspecified atom stereocenters. The van der Waals surface area contributed by atoms with Crippen molar-refractivity contribution in [3.8, 4) is 11.4 Å². The number of hydrogen-bond acceptors (Lipinski definition) is 4. The van der Waals surface area contributed by atoms with Crippen LogP contribution in [0.1, 0.15) is 43.9 Å². The number of benzene rings is 1. The first-order chi connectivity index (χ1) is 10.1. The highest BCUT2D eigenvalue weighted by atomic mass is 79.9. The summed E-state index contributed by atoms with van der Waals surface area (Å²) in [6.45, 7) is 0. The predicted octanol–water partition coefficient (Wildman–Crippen LogP) is 4.01. The van der Waals surface area contributed by atoms with Crippen molar-refractivity contribution in [2.75, 3.05) is 0 Å². The van der Waals surface area contributed by atoms with Gasteiger partial charge in [0.1, 0.15) is 5.82 Å². The molecular weight excluding hydrogens is 337 g/mol. The van der Waals surface area contributed by atoms with E-state index in [1.807, 2.05) is 0 Å². The quantitative estimate of drug-likeness (QED) is 0.828. The molecule has 1 aromatic heterocycles. The summed E-state index contributed by atoms with van der Waals surface area (Å²) in [7, 11) is 0. The van der Waals surface area contributed by atoms with Gasteiger partial charge in [-0.1, -0.05) is 24.4 Å². The van der Waals surface area contributed by atoms with Crippen molar-refractivity contribution >= 4 is 15.9 Å². The first-order valence-corrected chi connectivity index (χ1v) is 7.99. The van der Waals surface area contributed by atoms with Gasteiger partial charge in [-0.2, -0.15) is 4.98 Å². The molecule has 0 radical (unpaired) electrons.